The lowest BCUT2D eigenvalue weighted by atomic mass is 10.1. The van der Waals surface area contributed by atoms with Crippen molar-refractivity contribution in [2.75, 3.05) is 0 Å². The molecule has 0 spiro atoms. The molecule has 0 aliphatic carbocycles. The molecule has 3 heterocycles. The number of benzene rings is 1. The summed E-state index contributed by atoms with van der Waals surface area (Å²) in [7, 11) is 0. The highest BCUT2D eigenvalue weighted by atomic mass is 19.4. The van der Waals surface area contributed by atoms with Crippen LogP contribution in [0.4, 0.5) is 13.2 Å². The number of aromatic nitrogens is 5. The zero-order chi connectivity index (χ0) is 19.6. The maximum atomic E-state index is 13.0. The van der Waals surface area contributed by atoms with Gasteiger partial charge < -0.3 is 0 Å². The molecule has 0 aliphatic heterocycles. The summed E-state index contributed by atoms with van der Waals surface area (Å²) < 4.78 is 38.9. The predicted molar refractivity (Wildman–Crippen MR) is 97.1 cm³/mol. The normalized spacial score (nSPS) is 11.5. The minimum atomic E-state index is -4.42. The van der Waals surface area contributed by atoms with E-state index in [-0.39, 0.29) is 11.4 Å². The lowest BCUT2D eigenvalue weighted by molar-refractivity contribution is -0.137. The first kappa shape index (κ1) is 17.8. The van der Waals surface area contributed by atoms with E-state index in [1.54, 1.807) is 30.7 Å². The average molecular weight is 381 g/mol. The lowest BCUT2D eigenvalue weighted by Gasteiger charge is -2.07. The fourth-order valence-electron chi connectivity index (χ4n) is 2.83. The van der Waals surface area contributed by atoms with Gasteiger partial charge in [0.15, 0.2) is 11.6 Å². The van der Waals surface area contributed by atoms with Crippen molar-refractivity contribution in [1.29, 1.82) is 0 Å². The maximum absolute atomic E-state index is 13.0. The van der Waals surface area contributed by atoms with Crippen LogP contribution in [0.25, 0.3) is 22.8 Å². The molecule has 0 aliphatic rings. The van der Waals surface area contributed by atoms with Gasteiger partial charge in [0.05, 0.1) is 11.3 Å². The van der Waals surface area contributed by atoms with E-state index in [0.717, 1.165) is 29.0 Å². The quantitative estimate of drug-likeness (QED) is 0.564. The van der Waals surface area contributed by atoms with Gasteiger partial charge in [-0.25, -0.2) is 4.98 Å². The van der Waals surface area contributed by atoms with Crippen molar-refractivity contribution in [1.82, 2.24) is 25.1 Å². The Hall–Kier alpha value is -3.55. The van der Waals surface area contributed by atoms with Crippen molar-refractivity contribution in [2.24, 2.45) is 0 Å². The molecule has 0 fully saturated rings. The number of nitrogens with one attached hydrogen (secondary N) is 1. The highest BCUT2D eigenvalue weighted by Gasteiger charge is 2.30. The Labute approximate surface area is 158 Å². The summed E-state index contributed by atoms with van der Waals surface area (Å²) in [6.45, 7) is 0. The van der Waals surface area contributed by atoms with Crippen molar-refractivity contribution in [3.05, 3.63) is 83.9 Å². The van der Waals surface area contributed by atoms with Gasteiger partial charge in [0.1, 0.15) is 0 Å². The van der Waals surface area contributed by atoms with E-state index in [4.69, 9.17) is 0 Å². The van der Waals surface area contributed by atoms with Gasteiger partial charge in [-0.2, -0.15) is 18.3 Å². The summed E-state index contributed by atoms with van der Waals surface area (Å²) >= 11 is 0. The SMILES string of the molecule is FC(F)(F)c1cccc(-c2n[nH]c(-c3cccnc3Cc3ccncc3)n2)c1. The molecule has 0 bridgehead atoms. The molecule has 1 N–H and O–H groups in total. The number of rotatable bonds is 4. The number of alkyl halides is 3. The second-order valence-corrected chi connectivity index (χ2v) is 6.12. The fourth-order valence-corrected chi connectivity index (χ4v) is 2.83. The summed E-state index contributed by atoms with van der Waals surface area (Å²) in [5.74, 6) is 0.643. The van der Waals surface area contributed by atoms with E-state index >= 15 is 0 Å². The fraction of sp³-hybridized carbons (Fsp3) is 0.100. The van der Waals surface area contributed by atoms with Crippen LogP contribution in [-0.4, -0.2) is 25.1 Å². The molecular formula is C20H14F3N5. The van der Waals surface area contributed by atoms with Crippen molar-refractivity contribution in [2.45, 2.75) is 12.6 Å². The highest BCUT2D eigenvalue weighted by Crippen LogP contribution is 2.32. The highest BCUT2D eigenvalue weighted by molar-refractivity contribution is 5.63. The van der Waals surface area contributed by atoms with Crippen LogP contribution in [0.2, 0.25) is 0 Å². The molecule has 0 amide bonds. The number of aromatic amines is 1. The molecule has 0 atom stereocenters. The molecule has 8 heteroatoms. The topological polar surface area (TPSA) is 67.3 Å². The van der Waals surface area contributed by atoms with Crippen molar-refractivity contribution in [3.8, 4) is 22.8 Å². The summed E-state index contributed by atoms with van der Waals surface area (Å²) in [5.41, 5.74) is 2.10. The standard InChI is InChI=1S/C20H14F3N5/c21-20(22,23)15-4-1-3-14(12-15)18-26-19(28-27-18)16-5-2-8-25-17(16)11-13-6-9-24-10-7-13/h1-10,12H,11H2,(H,26,27,28). The van der Waals surface area contributed by atoms with Crippen molar-refractivity contribution < 1.29 is 13.2 Å². The van der Waals surface area contributed by atoms with Gasteiger partial charge in [0.25, 0.3) is 0 Å². The van der Waals surface area contributed by atoms with E-state index < -0.39 is 11.7 Å². The van der Waals surface area contributed by atoms with Gasteiger partial charge in [-0.1, -0.05) is 12.1 Å². The van der Waals surface area contributed by atoms with Crippen LogP contribution in [0.1, 0.15) is 16.8 Å². The number of nitrogens with zero attached hydrogens (tertiary/aromatic N) is 4. The minimum Gasteiger partial charge on any atom is -0.265 e. The Morgan fingerprint density at radius 2 is 1.75 bits per heavy atom. The van der Waals surface area contributed by atoms with Crippen LogP contribution in [0.3, 0.4) is 0 Å². The first-order valence-electron chi connectivity index (χ1n) is 8.44. The molecule has 5 nitrogen and oxygen atoms in total. The zero-order valence-electron chi connectivity index (χ0n) is 14.5. The summed E-state index contributed by atoms with van der Waals surface area (Å²) in [4.78, 5) is 12.8. The first-order valence-corrected chi connectivity index (χ1v) is 8.44. The third-order valence-corrected chi connectivity index (χ3v) is 4.20. The number of halogens is 3. The van der Waals surface area contributed by atoms with E-state index in [9.17, 15) is 13.2 Å². The predicted octanol–water partition coefficient (Wildman–Crippen LogP) is 4.54. The van der Waals surface area contributed by atoms with E-state index in [0.29, 0.717) is 12.2 Å². The second kappa shape index (κ2) is 7.22. The van der Waals surface area contributed by atoms with Gasteiger partial charge in [-0.05, 0) is 42.0 Å². The third kappa shape index (κ3) is 3.75. The smallest absolute Gasteiger partial charge is 0.265 e. The molecule has 4 rings (SSSR count). The van der Waals surface area contributed by atoms with Crippen LogP contribution >= 0.6 is 0 Å². The Morgan fingerprint density at radius 1 is 0.929 bits per heavy atom. The largest absolute Gasteiger partial charge is 0.416 e. The Balaban J connectivity index is 1.67. The number of H-pyrrole nitrogens is 1. The van der Waals surface area contributed by atoms with Crippen LogP contribution in [-0.2, 0) is 12.6 Å². The molecule has 1 aromatic carbocycles. The monoisotopic (exact) mass is 381 g/mol. The van der Waals surface area contributed by atoms with Gasteiger partial charge in [0.2, 0.25) is 0 Å². The summed E-state index contributed by atoms with van der Waals surface area (Å²) in [5, 5.41) is 6.90. The third-order valence-electron chi connectivity index (χ3n) is 4.20. The van der Waals surface area contributed by atoms with Gasteiger partial charge in [-0.3, -0.25) is 15.1 Å². The van der Waals surface area contributed by atoms with E-state index in [1.807, 2.05) is 18.2 Å². The molecule has 4 aromatic rings. The molecular weight excluding hydrogens is 367 g/mol. The molecule has 28 heavy (non-hydrogen) atoms. The number of hydrogen-bond donors (Lipinski definition) is 1. The molecule has 0 unspecified atom stereocenters. The van der Waals surface area contributed by atoms with Crippen molar-refractivity contribution in [3.63, 3.8) is 0 Å². The van der Waals surface area contributed by atoms with Crippen LogP contribution < -0.4 is 0 Å². The van der Waals surface area contributed by atoms with Crippen LogP contribution in [0, 0.1) is 0 Å². The Bertz CT molecular complexity index is 1090. The van der Waals surface area contributed by atoms with Crippen molar-refractivity contribution >= 4 is 0 Å². The molecule has 0 saturated carbocycles. The molecule has 0 radical (unpaired) electrons. The average Bonchev–Trinajstić information content (AvgIpc) is 3.19. The maximum Gasteiger partial charge on any atom is 0.416 e. The minimum absolute atomic E-state index is 0.194. The molecule has 140 valence electrons. The van der Waals surface area contributed by atoms with Gasteiger partial charge in [-0.15, -0.1) is 0 Å². The Kier molecular flexibility index (Phi) is 4.60. The number of hydrogen-bond acceptors (Lipinski definition) is 4. The zero-order valence-corrected chi connectivity index (χ0v) is 14.5. The van der Waals surface area contributed by atoms with E-state index in [2.05, 4.69) is 25.1 Å². The summed E-state index contributed by atoms with van der Waals surface area (Å²) in [6.07, 6.45) is 1.24. The van der Waals surface area contributed by atoms with Gasteiger partial charge in [0, 0.05) is 36.1 Å². The summed E-state index contributed by atoms with van der Waals surface area (Å²) in [6, 6.07) is 12.4. The second-order valence-electron chi connectivity index (χ2n) is 6.12. The van der Waals surface area contributed by atoms with Gasteiger partial charge >= 0.3 is 6.18 Å². The molecule has 3 aromatic heterocycles. The Morgan fingerprint density at radius 3 is 2.54 bits per heavy atom. The number of pyridine rings is 2. The van der Waals surface area contributed by atoms with Crippen LogP contribution in [0.15, 0.2) is 67.1 Å². The van der Waals surface area contributed by atoms with Crippen LogP contribution in [0.5, 0.6) is 0 Å². The first-order chi connectivity index (χ1) is 13.5. The molecule has 0 saturated heterocycles. The lowest BCUT2D eigenvalue weighted by Crippen LogP contribution is -2.04. The van der Waals surface area contributed by atoms with E-state index in [1.165, 1.54) is 6.07 Å².